The second-order valence-corrected chi connectivity index (χ2v) is 5.32. The minimum absolute atomic E-state index is 0.0858. The Kier molecular flexibility index (Phi) is 3.60. The summed E-state index contributed by atoms with van der Waals surface area (Å²) in [5.41, 5.74) is -2.51. The van der Waals surface area contributed by atoms with Gasteiger partial charge in [-0.1, -0.05) is 60.7 Å². The molecule has 5 heteroatoms. The Bertz CT molecular complexity index is 795. The monoisotopic (exact) mass is 310 g/mol. The van der Waals surface area contributed by atoms with E-state index >= 15 is 0 Å². The number of hydrogen-bond donors (Lipinski definition) is 3. The number of rotatable bonds is 3. The third kappa shape index (κ3) is 2.18. The molecule has 2 atom stereocenters. The minimum atomic E-state index is -2.68. The van der Waals surface area contributed by atoms with Crippen molar-refractivity contribution in [3.63, 3.8) is 0 Å². The molecule has 23 heavy (non-hydrogen) atoms. The molecule has 0 spiro atoms. The molecule has 116 valence electrons. The molecule has 0 aromatic heterocycles. The predicted molar refractivity (Wildman–Crippen MR) is 82.7 cm³/mol. The highest BCUT2D eigenvalue weighted by molar-refractivity contribution is 6.30. The van der Waals surface area contributed by atoms with E-state index in [4.69, 9.17) is 0 Å². The maximum absolute atomic E-state index is 12.6. The van der Waals surface area contributed by atoms with Crippen LogP contribution in [0.5, 0.6) is 0 Å². The van der Waals surface area contributed by atoms with E-state index in [9.17, 15) is 24.9 Å². The summed E-state index contributed by atoms with van der Waals surface area (Å²) < 4.78 is 0. The van der Waals surface area contributed by atoms with Crippen molar-refractivity contribution in [2.75, 3.05) is 0 Å². The lowest BCUT2D eigenvalue weighted by molar-refractivity contribution is -0.128. The zero-order valence-electron chi connectivity index (χ0n) is 12.0. The number of hydrogen-bond acceptors (Lipinski definition) is 5. The molecule has 1 aliphatic carbocycles. The first-order valence-electron chi connectivity index (χ1n) is 7.01. The van der Waals surface area contributed by atoms with Crippen LogP contribution in [0.2, 0.25) is 0 Å². The molecule has 0 saturated carbocycles. The van der Waals surface area contributed by atoms with Gasteiger partial charge in [-0.15, -0.1) is 0 Å². The summed E-state index contributed by atoms with van der Waals surface area (Å²) in [6, 6.07) is 15.8. The van der Waals surface area contributed by atoms with Crippen LogP contribution in [0.4, 0.5) is 0 Å². The van der Waals surface area contributed by atoms with Gasteiger partial charge in [0.15, 0.2) is 11.9 Å². The third-order valence-electron chi connectivity index (χ3n) is 3.93. The van der Waals surface area contributed by atoms with Crippen LogP contribution in [-0.2, 0) is 4.79 Å². The summed E-state index contributed by atoms with van der Waals surface area (Å²) in [5.74, 6) is -2.64. The highest BCUT2D eigenvalue weighted by Crippen LogP contribution is 2.39. The van der Waals surface area contributed by atoms with E-state index in [2.05, 4.69) is 0 Å². The van der Waals surface area contributed by atoms with E-state index in [1.807, 2.05) is 0 Å². The molecule has 0 saturated heterocycles. The van der Waals surface area contributed by atoms with E-state index in [1.54, 1.807) is 48.5 Å². The first-order chi connectivity index (χ1) is 11.0. The van der Waals surface area contributed by atoms with Crippen molar-refractivity contribution in [1.29, 1.82) is 0 Å². The topological polar surface area (TPSA) is 94.8 Å². The Morgan fingerprint density at radius 1 is 0.957 bits per heavy atom. The predicted octanol–water partition coefficient (Wildman–Crippen LogP) is 1.51. The fourth-order valence-electron chi connectivity index (χ4n) is 2.69. The summed E-state index contributed by atoms with van der Waals surface area (Å²) in [5, 5.41) is 31.1. The van der Waals surface area contributed by atoms with Gasteiger partial charge < -0.3 is 15.3 Å². The van der Waals surface area contributed by atoms with Gasteiger partial charge in [0.2, 0.25) is 11.4 Å². The average Bonchev–Trinajstić information content (AvgIpc) is 2.77. The van der Waals surface area contributed by atoms with Crippen LogP contribution in [0.1, 0.15) is 15.9 Å². The number of benzene rings is 2. The molecule has 0 radical (unpaired) electrons. The van der Waals surface area contributed by atoms with Gasteiger partial charge in [-0.05, 0) is 5.56 Å². The summed E-state index contributed by atoms with van der Waals surface area (Å²) >= 11 is 0. The van der Waals surface area contributed by atoms with E-state index in [0.29, 0.717) is 5.56 Å². The molecule has 0 bridgehead atoms. The highest BCUT2D eigenvalue weighted by Gasteiger charge is 2.58. The number of carbonyl (C=O) groups excluding carboxylic acids is 2. The SMILES string of the molecule is O=C1C(c2ccccc2)=C(O)[C@](O)(C(=O)c2ccccc2)[C@H]1O. The smallest absolute Gasteiger partial charge is 0.218 e. The summed E-state index contributed by atoms with van der Waals surface area (Å²) in [6.45, 7) is 0. The van der Waals surface area contributed by atoms with E-state index in [-0.39, 0.29) is 11.1 Å². The normalized spacial score (nSPS) is 24.1. The minimum Gasteiger partial charge on any atom is -0.508 e. The fourth-order valence-corrected chi connectivity index (χ4v) is 2.69. The zero-order valence-corrected chi connectivity index (χ0v) is 12.0. The van der Waals surface area contributed by atoms with Crippen molar-refractivity contribution in [3.8, 4) is 0 Å². The summed E-state index contributed by atoms with van der Waals surface area (Å²) in [7, 11) is 0. The molecule has 2 aromatic rings. The van der Waals surface area contributed by atoms with Crippen molar-refractivity contribution in [2.45, 2.75) is 11.7 Å². The molecule has 2 aromatic carbocycles. The maximum atomic E-state index is 12.6. The number of Topliss-reactive ketones (excluding diaryl/α,β-unsaturated/α-hetero) is 2. The van der Waals surface area contributed by atoms with Gasteiger partial charge in [-0.25, -0.2) is 0 Å². The van der Waals surface area contributed by atoms with Crippen LogP contribution in [0, 0.1) is 0 Å². The standard InChI is InChI=1S/C18H14O5/c19-14-13(11-7-3-1-4-8-11)16(21)18(23,17(14)22)15(20)12-9-5-2-6-10-12/h1-10,17,21-23H/t17-,18+/m0/s1. The lowest BCUT2D eigenvalue weighted by Gasteiger charge is -2.24. The number of ketones is 2. The molecule has 3 N–H and O–H groups in total. The zero-order chi connectivity index (χ0) is 16.6. The Hall–Kier alpha value is -2.76. The van der Waals surface area contributed by atoms with Crippen LogP contribution < -0.4 is 0 Å². The second-order valence-electron chi connectivity index (χ2n) is 5.32. The molecule has 3 rings (SSSR count). The Morgan fingerprint density at radius 2 is 1.48 bits per heavy atom. The van der Waals surface area contributed by atoms with Crippen LogP contribution in [-0.4, -0.2) is 38.6 Å². The van der Waals surface area contributed by atoms with Crippen LogP contribution in [0.15, 0.2) is 66.4 Å². The molecule has 1 aliphatic rings. The van der Waals surface area contributed by atoms with Gasteiger partial charge in [0, 0.05) is 5.56 Å². The van der Waals surface area contributed by atoms with Gasteiger partial charge in [-0.2, -0.15) is 0 Å². The fraction of sp³-hybridized carbons (Fsp3) is 0.111. The number of aliphatic hydroxyl groups excluding tert-OH is 2. The average molecular weight is 310 g/mol. The highest BCUT2D eigenvalue weighted by atomic mass is 16.4. The molecule has 0 unspecified atom stereocenters. The van der Waals surface area contributed by atoms with Crippen molar-refractivity contribution < 1.29 is 24.9 Å². The van der Waals surface area contributed by atoms with E-state index in [1.165, 1.54) is 12.1 Å². The quantitative estimate of drug-likeness (QED) is 0.747. The maximum Gasteiger partial charge on any atom is 0.218 e. The van der Waals surface area contributed by atoms with Crippen LogP contribution in [0.3, 0.4) is 0 Å². The number of aliphatic hydroxyl groups is 3. The first kappa shape index (κ1) is 15.1. The molecule has 0 aliphatic heterocycles. The first-order valence-corrected chi connectivity index (χ1v) is 7.01. The van der Waals surface area contributed by atoms with Crippen molar-refractivity contribution in [1.82, 2.24) is 0 Å². The largest absolute Gasteiger partial charge is 0.508 e. The van der Waals surface area contributed by atoms with Gasteiger partial charge in [0.25, 0.3) is 0 Å². The van der Waals surface area contributed by atoms with Crippen LogP contribution >= 0.6 is 0 Å². The van der Waals surface area contributed by atoms with Crippen LogP contribution in [0.25, 0.3) is 5.57 Å². The molecule has 5 nitrogen and oxygen atoms in total. The van der Waals surface area contributed by atoms with Gasteiger partial charge in [-0.3, -0.25) is 9.59 Å². The van der Waals surface area contributed by atoms with Gasteiger partial charge in [0.05, 0.1) is 5.57 Å². The summed E-state index contributed by atoms with van der Waals surface area (Å²) in [6.07, 6.45) is -2.05. The van der Waals surface area contributed by atoms with Gasteiger partial charge in [0.1, 0.15) is 5.76 Å². The van der Waals surface area contributed by atoms with Crippen molar-refractivity contribution >= 4 is 17.1 Å². The number of carbonyl (C=O) groups is 2. The Morgan fingerprint density at radius 3 is 2.04 bits per heavy atom. The third-order valence-corrected chi connectivity index (χ3v) is 3.93. The van der Waals surface area contributed by atoms with Crippen molar-refractivity contribution in [2.24, 2.45) is 0 Å². The molecular formula is C18H14O5. The van der Waals surface area contributed by atoms with Gasteiger partial charge >= 0.3 is 0 Å². The lowest BCUT2D eigenvalue weighted by Crippen LogP contribution is -2.50. The second kappa shape index (κ2) is 5.46. The molecular weight excluding hydrogens is 296 g/mol. The van der Waals surface area contributed by atoms with E-state index < -0.39 is 29.0 Å². The van der Waals surface area contributed by atoms with Crippen molar-refractivity contribution in [3.05, 3.63) is 77.5 Å². The Labute approximate surface area is 132 Å². The lowest BCUT2D eigenvalue weighted by atomic mass is 9.89. The molecule has 0 fully saturated rings. The molecule has 0 heterocycles. The molecule has 0 amide bonds. The Balaban J connectivity index is 2.14. The van der Waals surface area contributed by atoms with E-state index in [0.717, 1.165) is 0 Å². The summed E-state index contributed by atoms with van der Waals surface area (Å²) in [4.78, 5) is 24.8.